The first-order valence-corrected chi connectivity index (χ1v) is 10.1. The molecule has 1 aromatic carbocycles. The first kappa shape index (κ1) is 21.8. The molecule has 1 saturated heterocycles. The fraction of sp³-hybridized carbons (Fsp3) is 0.476. The summed E-state index contributed by atoms with van der Waals surface area (Å²) >= 11 is 12.7. The van der Waals surface area contributed by atoms with Crippen LogP contribution in [0.3, 0.4) is 0 Å². The minimum atomic E-state index is -2.11. The van der Waals surface area contributed by atoms with Crippen molar-refractivity contribution >= 4 is 28.9 Å². The molecule has 0 spiro atoms. The molecule has 0 bridgehead atoms. The van der Waals surface area contributed by atoms with Crippen molar-refractivity contribution in [2.75, 3.05) is 27.4 Å². The SMILES string of the molecule is COC1(OC)C(C2OCC(C)(C)CO2)=CC=C2C(c3c(Cl)cccc3Cl)=NOC21O. The number of nitrogens with zero attached hydrogens (tertiary/aromatic N) is 1. The van der Waals surface area contributed by atoms with E-state index in [1.165, 1.54) is 14.2 Å². The van der Waals surface area contributed by atoms with Crippen LogP contribution in [0.25, 0.3) is 0 Å². The Morgan fingerprint density at radius 1 is 1.07 bits per heavy atom. The minimum Gasteiger partial charge on any atom is -0.348 e. The third-order valence-electron chi connectivity index (χ3n) is 5.42. The monoisotopic (exact) mass is 455 g/mol. The van der Waals surface area contributed by atoms with Crippen molar-refractivity contribution in [3.05, 3.63) is 57.1 Å². The first-order chi connectivity index (χ1) is 14.2. The predicted octanol–water partition coefficient (Wildman–Crippen LogP) is 3.67. The summed E-state index contributed by atoms with van der Waals surface area (Å²) in [6.07, 6.45) is 2.58. The summed E-state index contributed by atoms with van der Waals surface area (Å²) in [5, 5.41) is 16.5. The van der Waals surface area contributed by atoms with E-state index >= 15 is 0 Å². The van der Waals surface area contributed by atoms with Gasteiger partial charge in [0.15, 0.2) is 6.29 Å². The minimum absolute atomic E-state index is 0.132. The van der Waals surface area contributed by atoms with Crippen LogP contribution in [0, 0.1) is 5.41 Å². The Morgan fingerprint density at radius 2 is 1.67 bits per heavy atom. The van der Waals surface area contributed by atoms with E-state index in [4.69, 9.17) is 47.0 Å². The second-order valence-electron chi connectivity index (χ2n) is 8.12. The van der Waals surface area contributed by atoms with E-state index in [9.17, 15) is 5.11 Å². The Morgan fingerprint density at radius 3 is 2.23 bits per heavy atom. The highest BCUT2D eigenvalue weighted by Gasteiger charge is 2.66. The number of hydrogen-bond acceptors (Lipinski definition) is 7. The van der Waals surface area contributed by atoms with Gasteiger partial charge in [-0.25, -0.2) is 0 Å². The maximum Gasteiger partial charge on any atom is 0.321 e. The number of fused-ring (bicyclic) bond motifs is 1. The highest BCUT2D eigenvalue weighted by Crippen LogP contribution is 2.50. The van der Waals surface area contributed by atoms with E-state index in [0.29, 0.717) is 40.0 Å². The predicted molar refractivity (Wildman–Crippen MR) is 111 cm³/mol. The normalized spacial score (nSPS) is 27.6. The molecule has 1 aliphatic carbocycles. The number of allylic oxidation sites excluding steroid dienone is 2. The van der Waals surface area contributed by atoms with E-state index in [0.717, 1.165) is 0 Å². The van der Waals surface area contributed by atoms with Crippen molar-refractivity contribution in [2.45, 2.75) is 31.7 Å². The molecular formula is C21H23Cl2NO6. The molecule has 4 rings (SSSR count). The van der Waals surface area contributed by atoms with Gasteiger partial charge in [0, 0.05) is 25.2 Å². The molecule has 1 N–H and O–H groups in total. The van der Waals surface area contributed by atoms with Gasteiger partial charge in [0.25, 0.3) is 5.79 Å². The average molecular weight is 456 g/mol. The van der Waals surface area contributed by atoms with Crippen molar-refractivity contribution < 1.29 is 28.9 Å². The smallest absolute Gasteiger partial charge is 0.321 e. The van der Waals surface area contributed by atoms with Gasteiger partial charge >= 0.3 is 5.79 Å². The number of hydrogen-bond donors (Lipinski definition) is 1. The van der Waals surface area contributed by atoms with Crippen LogP contribution in [0.5, 0.6) is 0 Å². The fourth-order valence-corrected chi connectivity index (χ4v) is 4.46. The van der Waals surface area contributed by atoms with Crippen LogP contribution in [0.1, 0.15) is 19.4 Å². The molecule has 1 fully saturated rings. The number of halogens is 2. The van der Waals surface area contributed by atoms with E-state index in [-0.39, 0.29) is 11.1 Å². The number of aliphatic hydroxyl groups is 1. The summed E-state index contributed by atoms with van der Waals surface area (Å²) in [5.74, 6) is -3.89. The Labute approximate surface area is 184 Å². The number of ether oxygens (including phenoxy) is 4. The van der Waals surface area contributed by atoms with Crippen molar-refractivity contribution in [3.63, 3.8) is 0 Å². The van der Waals surface area contributed by atoms with Crippen LogP contribution < -0.4 is 0 Å². The Bertz CT molecular complexity index is 923. The number of methoxy groups -OCH3 is 2. The van der Waals surface area contributed by atoms with E-state index < -0.39 is 17.9 Å². The molecule has 162 valence electrons. The lowest BCUT2D eigenvalue weighted by atomic mass is 9.81. The highest BCUT2D eigenvalue weighted by atomic mass is 35.5. The summed E-state index contributed by atoms with van der Waals surface area (Å²) in [6.45, 7) is 5.01. The van der Waals surface area contributed by atoms with Gasteiger partial charge in [0.2, 0.25) is 0 Å². The van der Waals surface area contributed by atoms with Crippen LogP contribution in [0.15, 0.2) is 46.7 Å². The van der Waals surface area contributed by atoms with Gasteiger partial charge in [-0.2, -0.15) is 0 Å². The van der Waals surface area contributed by atoms with Gasteiger partial charge in [-0.15, -0.1) is 0 Å². The van der Waals surface area contributed by atoms with Crippen molar-refractivity contribution in [1.29, 1.82) is 0 Å². The first-order valence-electron chi connectivity index (χ1n) is 9.39. The van der Waals surface area contributed by atoms with Gasteiger partial charge in [-0.05, 0) is 18.2 Å². The standard InChI is InChI=1S/C21H23Cl2NO6/c1-19(2)10-28-18(29-11-19)13-9-8-12-17(16-14(22)6-5-7-15(16)23)24-30-20(12,25)21(13,26-3)27-4/h5-9,18,25H,10-11H2,1-4H3. The maximum absolute atomic E-state index is 11.6. The molecular weight excluding hydrogens is 433 g/mol. The van der Waals surface area contributed by atoms with Gasteiger partial charge in [-0.3, -0.25) is 0 Å². The number of benzene rings is 1. The lowest BCUT2D eigenvalue weighted by molar-refractivity contribution is -0.359. The van der Waals surface area contributed by atoms with E-state index in [2.05, 4.69) is 5.16 Å². The van der Waals surface area contributed by atoms with Gasteiger partial charge in [-0.1, -0.05) is 54.3 Å². The molecule has 1 unspecified atom stereocenters. The summed E-state index contributed by atoms with van der Waals surface area (Å²) in [7, 11) is 2.80. The quantitative estimate of drug-likeness (QED) is 0.697. The van der Waals surface area contributed by atoms with Gasteiger partial charge in [0.05, 0.1) is 34.4 Å². The highest BCUT2D eigenvalue weighted by molar-refractivity contribution is 6.41. The molecule has 7 nitrogen and oxygen atoms in total. The van der Waals surface area contributed by atoms with Gasteiger partial charge < -0.3 is 28.9 Å². The zero-order chi connectivity index (χ0) is 21.7. The summed E-state index contributed by atoms with van der Waals surface area (Å²) in [6, 6.07) is 5.08. The lowest BCUT2D eigenvalue weighted by Crippen LogP contribution is -2.63. The third-order valence-corrected chi connectivity index (χ3v) is 6.05. The Balaban J connectivity index is 1.80. The summed E-state index contributed by atoms with van der Waals surface area (Å²) in [5.41, 5.74) is 1.30. The average Bonchev–Trinajstić information content (AvgIpc) is 3.05. The molecule has 30 heavy (non-hydrogen) atoms. The second-order valence-corrected chi connectivity index (χ2v) is 8.93. The molecule has 0 saturated carbocycles. The maximum atomic E-state index is 11.6. The number of oxime groups is 1. The largest absolute Gasteiger partial charge is 0.348 e. The fourth-order valence-electron chi connectivity index (χ4n) is 3.88. The van der Waals surface area contributed by atoms with Crippen molar-refractivity contribution in [2.24, 2.45) is 10.6 Å². The molecule has 0 amide bonds. The molecule has 2 aliphatic heterocycles. The lowest BCUT2D eigenvalue weighted by Gasteiger charge is -2.47. The van der Waals surface area contributed by atoms with E-state index in [1.807, 2.05) is 13.8 Å². The molecule has 9 heteroatoms. The second kappa shape index (κ2) is 7.60. The molecule has 3 aliphatic rings. The molecule has 2 heterocycles. The zero-order valence-corrected chi connectivity index (χ0v) is 18.6. The third kappa shape index (κ3) is 3.12. The van der Waals surface area contributed by atoms with Crippen LogP contribution in [0.2, 0.25) is 10.0 Å². The van der Waals surface area contributed by atoms with Crippen LogP contribution in [0.4, 0.5) is 0 Å². The molecule has 1 aromatic rings. The Hall–Kier alpha value is -1.45. The zero-order valence-electron chi connectivity index (χ0n) is 17.1. The van der Waals surface area contributed by atoms with Crippen LogP contribution in [-0.2, 0) is 23.8 Å². The van der Waals surface area contributed by atoms with Gasteiger partial charge in [0.1, 0.15) is 5.71 Å². The molecule has 0 aromatic heterocycles. The van der Waals surface area contributed by atoms with Crippen LogP contribution >= 0.6 is 23.2 Å². The molecule has 1 atom stereocenters. The summed E-state index contributed by atoms with van der Waals surface area (Å²) in [4.78, 5) is 5.54. The van der Waals surface area contributed by atoms with E-state index in [1.54, 1.807) is 30.4 Å². The van der Waals surface area contributed by atoms with Crippen molar-refractivity contribution in [3.8, 4) is 0 Å². The summed E-state index contributed by atoms with van der Waals surface area (Å²) < 4.78 is 23.2. The molecule has 0 radical (unpaired) electrons. The van der Waals surface area contributed by atoms with Crippen molar-refractivity contribution in [1.82, 2.24) is 0 Å². The Kier molecular flexibility index (Phi) is 5.51. The van der Waals surface area contributed by atoms with Crippen LogP contribution in [-0.4, -0.2) is 56.1 Å². The topological polar surface area (TPSA) is 78.7 Å². The number of rotatable bonds is 4.